The fraction of sp³-hybridized carbons (Fsp3) is 1.00. The number of hydrogen-bond acceptors (Lipinski definition) is 1. The van der Waals surface area contributed by atoms with Crippen molar-refractivity contribution in [1.29, 1.82) is 0 Å². The van der Waals surface area contributed by atoms with Crippen molar-refractivity contribution < 1.29 is 0 Å². The van der Waals surface area contributed by atoms with E-state index in [-0.39, 0.29) is 0 Å². The maximum absolute atomic E-state index is 4.68. The van der Waals surface area contributed by atoms with Gasteiger partial charge in [0, 0.05) is 5.25 Å². The molecule has 0 amide bonds. The molecule has 0 heterocycles. The molecule has 0 aromatic heterocycles. The second kappa shape index (κ2) is 5.80. The summed E-state index contributed by atoms with van der Waals surface area (Å²) in [6.07, 6.45) is 11.8. The van der Waals surface area contributed by atoms with E-state index in [0.717, 1.165) is 23.7 Å². The summed E-state index contributed by atoms with van der Waals surface area (Å²) < 4.78 is 0. The van der Waals surface area contributed by atoms with Crippen molar-refractivity contribution in [2.24, 2.45) is 23.7 Å². The molecule has 0 aliphatic heterocycles. The van der Waals surface area contributed by atoms with Gasteiger partial charge in [0.15, 0.2) is 0 Å². The van der Waals surface area contributed by atoms with E-state index in [1.807, 2.05) is 0 Å². The number of unbranched alkanes of at least 4 members (excludes halogenated alkanes) is 1. The summed E-state index contributed by atoms with van der Waals surface area (Å²) in [5.74, 6) is 4.12. The van der Waals surface area contributed by atoms with Crippen LogP contribution in [0.15, 0.2) is 0 Å². The first-order chi connectivity index (χ1) is 7.74. The highest BCUT2D eigenvalue weighted by atomic mass is 32.1. The van der Waals surface area contributed by atoms with Gasteiger partial charge in [-0.25, -0.2) is 0 Å². The van der Waals surface area contributed by atoms with Crippen LogP contribution in [0.3, 0.4) is 0 Å². The fourth-order valence-corrected chi connectivity index (χ4v) is 4.51. The zero-order valence-corrected chi connectivity index (χ0v) is 11.9. The highest BCUT2D eigenvalue weighted by Crippen LogP contribution is 2.51. The van der Waals surface area contributed by atoms with Crippen molar-refractivity contribution in [2.75, 3.05) is 0 Å². The van der Waals surface area contributed by atoms with E-state index in [4.69, 9.17) is 0 Å². The molecule has 2 aliphatic carbocycles. The van der Waals surface area contributed by atoms with Gasteiger partial charge in [0.2, 0.25) is 0 Å². The Kier molecular flexibility index (Phi) is 4.64. The molecular formula is C15H28S. The van der Waals surface area contributed by atoms with Crippen LogP contribution in [-0.2, 0) is 0 Å². The van der Waals surface area contributed by atoms with Gasteiger partial charge in [-0.3, -0.25) is 0 Å². The summed E-state index contributed by atoms with van der Waals surface area (Å²) in [5, 5.41) is 0.631. The lowest BCUT2D eigenvalue weighted by Gasteiger charge is -2.45. The van der Waals surface area contributed by atoms with E-state index in [2.05, 4.69) is 26.5 Å². The van der Waals surface area contributed by atoms with E-state index >= 15 is 0 Å². The van der Waals surface area contributed by atoms with Gasteiger partial charge in [-0.2, -0.15) is 12.6 Å². The van der Waals surface area contributed by atoms with Gasteiger partial charge in [0.1, 0.15) is 0 Å². The minimum atomic E-state index is 0.631. The molecule has 5 unspecified atom stereocenters. The normalized spacial score (nSPS) is 40.7. The van der Waals surface area contributed by atoms with Crippen LogP contribution in [0.4, 0.5) is 0 Å². The van der Waals surface area contributed by atoms with Crippen LogP contribution in [0, 0.1) is 23.7 Å². The molecule has 2 rings (SSSR count). The smallest absolute Gasteiger partial charge is 0.00194 e. The molecule has 0 nitrogen and oxygen atoms in total. The molecule has 2 fully saturated rings. The third-order valence-electron chi connectivity index (χ3n) is 5.20. The highest BCUT2D eigenvalue weighted by molar-refractivity contribution is 7.80. The van der Waals surface area contributed by atoms with Crippen molar-refractivity contribution in [3.63, 3.8) is 0 Å². The van der Waals surface area contributed by atoms with Gasteiger partial charge in [-0.05, 0) is 42.9 Å². The fourth-order valence-electron chi connectivity index (χ4n) is 4.14. The molecule has 0 spiro atoms. The van der Waals surface area contributed by atoms with Crippen LogP contribution in [0.5, 0.6) is 0 Å². The quantitative estimate of drug-likeness (QED) is 0.647. The zero-order valence-electron chi connectivity index (χ0n) is 11.0. The first kappa shape index (κ1) is 12.8. The van der Waals surface area contributed by atoms with Crippen molar-refractivity contribution in [3.05, 3.63) is 0 Å². The van der Waals surface area contributed by atoms with E-state index < -0.39 is 0 Å². The second-order valence-electron chi connectivity index (χ2n) is 6.14. The van der Waals surface area contributed by atoms with E-state index in [1.165, 1.54) is 51.4 Å². The molecule has 94 valence electrons. The second-order valence-corrected chi connectivity index (χ2v) is 6.96. The molecule has 0 aromatic rings. The minimum Gasteiger partial charge on any atom is -0.176 e. The Morgan fingerprint density at radius 3 is 2.50 bits per heavy atom. The third kappa shape index (κ3) is 2.60. The first-order valence-corrected chi connectivity index (χ1v) is 7.93. The summed E-state index contributed by atoms with van der Waals surface area (Å²) in [6.45, 7) is 4.63. The Bertz CT molecular complexity index is 211. The Morgan fingerprint density at radius 1 is 1.12 bits per heavy atom. The molecule has 0 radical (unpaired) electrons. The van der Waals surface area contributed by atoms with Gasteiger partial charge >= 0.3 is 0 Å². The molecular weight excluding hydrogens is 212 g/mol. The number of thiol groups is 1. The molecule has 0 saturated heterocycles. The highest BCUT2D eigenvalue weighted by Gasteiger charge is 2.43. The van der Waals surface area contributed by atoms with Gasteiger partial charge in [-0.1, -0.05) is 46.0 Å². The van der Waals surface area contributed by atoms with Gasteiger partial charge in [0.05, 0.1) is 0 Å². The molecule has 0 bridgehead atoms. The molecule has 16 heavy (non-hydrogen) atoms. The van der Waals surface area contributed by atoms with Gasteiger partial charge < -0.3 is 0 Å². The Balaban J connectivity index is 1.87. The van der Waals surface area contributed by atoms with E-state index in [9.17, 15) is 0 Å². The average molecular weight is 240 g/mol. The van der Waals surface area contributed by atoms with Crippen molar-refractivity contribution in [3.8, 4) is 0 Å². The topological polar surface area (TPSA) is 0 Å². The lowest BCUT2D eigenvalue weighted by Crippen LogP contribution is -2.38. The third-order valence-corrected chi connectivity index (χ3v) is 5.58. The number of hydrogen-bond donors (Lipinski definition) is 1. The molecule has 0 aromatic carbocycles. The molecule has 0 N–H and O–H groups in total. The predicted molar refractivity (Wildman–Crippen MR) is 75.0 cm³/mol. The summed E-state index contributed by atoms with van der Waals surface area (Å²) in [7, 11) is 0. The van der Waals surface area contributed by atoms with Crippen molar-refractivity contribution in [2.45, 2.75) is 70.5 Å². The van der Waals surface area contributed by atoms with Crippen LogP contribution in [0.1, 0.15) is 65.2 Å². The van der Waals surface area contributed by atoms with E-state index in [1.54, 1.807) is 0 Å². The predicted octanol–water partition coefficient (Wildman–Crippen LogP) is 4.94. The van der Waals surface area contributed by atoms with Gasteiger partial charge in [0.25, 0.3) is 0 Å². The van der Waals surface area contributed by atoms with Crippen molar-refractivity contribution >= 4 is 12.6 Å². The summed E-state index contributed by atoms with van der Waals surface area (Å²) in [4.78, 5) is 0. The lowest BCUT2D eigenvalue weighted by atomic mass is 9.63. The van der Waals surface area contributed by atoms with Crippen molar-refractivity contribution in [1.82, 2.24) is 0 Å². The lowest BCUT2D eigenvalue weighted by molar-refractivity contribution is 0.0780. The zero-order chi connectivity index (χ0) is 11.5. The Morgan fingerprint density at radius 2 is 1.94 bits per heavy atom. The molecule has 2 aliphatic rings. The molecule has 2 saturated carbocycles. The summed E-state index contributed by atoms with van der Waals surface area (Å²) in [6, 6.07) is 0. The van der Waals surface area contributed by atoms with Crippen LogP contribution in [0.2, 0.25) is 0 Å². The van der Waals surface area contributed by atoms with Crippen LogP contribution >= 0.6 is 12.6 Å². The maximum Gasteiger partial charge on any atom is 0.00194 e. The minimum absolute atomic E-state index is 0.631. The largest absolute Gasteiger partial charge is 0.176 e. The average Bonchev–Trinajstić information content (AvgIpc) is 2.60. The summed E-state index contributed by atoms with van der Waals surface area (Å²) >= 11 is 4.68. The monoisotopic (exact) mass is 240 g/mol. The first-order valence-electron chi connectivity index (χ1n) is 7.42. The Hall–Kier alpha value is 0.350. The molecule has 5 atom stereocenters. The summed E-state index contributed by atoms with van der Waals surface area (Å²) in [5.41, 5.74) is 0. The van der Waals surface area contributed by atoms with Gasteiger partial charge in [-0.15, -0.1) is 0 Å². The maximum atomic E-state index is 4.68. The Labute approximate surface area is 107 Å². The van der Waals surface area contributed by atoms with Crippen LogP contribution in [-0.4, -0.2) is 5.25 Å². The number of rotatable bonds is 5. The van der Waals surface area contributed by atoms with Crippen LogP contribution in [0.25, 0.3) is 0 Å². The van der Waals surface area contributed by atoms with Crippen LogP contribution < -0.4 is 0 Å². The SMILES string of the molecule is CCCCC1CCCC1C1CCC1C(C)S. The molecule has 1 heteroatoms. The standard InChI is InChI=1S/C15H28S/c1-3-4-6-12-7-5-8-14(12)15-10-9-13(15)11(2)16/h11-16H,3-10H2,1-2H3. The van der Waals surface area contributed by atoms with E-state index in [0.29, 0.717) is 5.25 Å².